The number of halogens is 3. The number of anilines is 1. The third kappa shape index (κ3) is 4.62. The molecule has 2 aromatic heterocycles. The average molecular weight is 502 g/mol. The molecule has 2 aliphatic heterocycles. The lowest BCUT2D eigenvalue weighted by Gasteiger charge is -2.18. The number of nitrogens with zero attached hydrogens (tertiary/aromatic N) is 3. The van der Waals surface area contributed by atoms with Crippen LogP contribution in [0.5, 0.6) is 5.75 Å². The zero-order chi connectivity index (χ0) is 25.4. The molecule has 0 saturated carbocycles. The van der Waals surface area contributed by atoms with Crippen LogP contribution >= 0.6 is 0 Å². The third-order valence-corrected chi connectivity index (χ3v) is 6.68. The molecule has 0 spiro atoms. The molecule has 4 heterocycles. The number of rotatable bonds is 6. The van der Waals surface area contributed by atoms with Crippen LogP contribution in [0.1, 0.15) is 34.3 Å². The second-order valence-electron chi connectivity index (χ2n) is 9.29. The molecule has 0 bridgehead atoms. The van der Waals surface area contributed by atoms with Crippen molar-refractivity contribution in [3.63, 3.8) is 0 Å². The van der Waals surface area contributed by atoms with Gasteiger partial charge in [0.15, 0.2) is 5.75 Å². The van der Waals surface area contributed by atoms with Crippen molar-refractivity contribution in [2.75, 3.05) is 38.0 Å². The molecule has 0 radical (unpaired) electrons. The van der Waals surface area contributed by atoms with Crippen molar-refractivity contribution in [3.8, 4) is 5.75 Å². The number of nitrogens with one attached hydrogen (secondary N) is 2. The fourth-order valence-electron chi connectivity index (χ4n) is 4.87. The van der Waals surface area contributed by atoms with Gasteiger partial charge in [0.25, 0.3) is 17.4 Å². The fraction of sp³-hybridized carbons (Fsp3) is 0.400. The summed E-state index contributed by atoms with van der Waals surface area (Å²) < 4.78 is 43.5. The van der Waals surface area contributed by atoms with Crippen molar-refractivity contribution >= 4 is 22.6 Å². The highest BCUT2D eigenvalue weighted by Gasteiger charge is 2.37. The number of carbonyl (C=O) groups excluding carboxylic acids is 1. The topological polar surface area (TPSA) is 99.5 Å². The maximum Gasteiger partial charge on any atom is 0.282 e. The Kier molecular flexibility index (Phi) is 6.33. The van der Waals surface area contributed by atoms with Crippen LogP contribution in [0, 0.1) is 5.82 Å². The van der Waals surface area contributed by atoms with Crippen molar-refractivity contribution < 1.29 is 23.1 Å². The highest BCUT2D eigenvalue weighted by molar-refractivity contribution is 6.04. The molecule has 8 nitrogen and oxygen atoms in total. The van der Waals surface area contributed by atoms with Gasteiger partial charge in [-0.2, -0.15) is 0 Å². The normalized spacial score (nSPS) is 17.1. The van der Waals surface area contributed by atoms with Crippen molar-refractivity contribution in [1.82, 2.24) is 19.8 Å². The minimum Gasteiger partial charge on any atom is -0.505 e. The summed E-state index contributed by atoms with van der Waals surface area (Å²) in [5.74, 6) is -5.19. The summed E-state index contributed by atoms with van der Waals surface area (Å²) in [5.41, 5.74) is -0.323. The summed E-state index contributed by atoms with van der Waals surface area (Å²) in [7, 11) is 0. The number of alkyl halides is 2. The zero-order valence-electron chi connectivity index (χ0n) is 19.5. The number of hydrogen-bond acceptors (Lipinski definition) is 6. The second-order valence-corrected chi connectivity index (χ2v) is 9.29. The van der Waals surface area contributed by atoms with E-state index in [1.54, 1.807) is 12.1 Å². The van der Waals surface area contributed by atoms with Gasteiger partial charge in [0.1, 0.15) is 16.9 Å². The molecule has 0 aliphatic carbocycles. The van der Waals surface area contributed by atoms with Crippen LogP contribution in [0.15, 0.2) is 35.3 Å². The van der Waals surface area contributed by atoms with Gasteiger partial charge in [0, 0.05) is 31.3 Å². The molecule has 3 aromatic rings. The van der Waals surface area contributed by atoms with Crippen LogP contribution in [-0.2, 0) is 13.0 Å². The second kappa shape index (κ2) is 9.45. The molecule has 11 heteroatoms. The number of likely N-dealkylation sites (tertiary alicyclic amines) is 1. The van der Waals surface area contributed by atoms with Crippen LogP contribution in [-0.4, -0.2) is 64.1 Å². The predicted octanol–water partition coefficient (Wildman–Crippen LogP) is 2.72. The maximum absolute atomic E-state index is 14.7. The van der Waals surface area contributed by atoms with Crippen LogP contribution in [0.2, 0.25) is 0 Å². The molecule has 2 aliphatic rings. The van der Waals surface area contributed by atoms with Gasteiger partial charge < -0.3 is 20.6 Å². The fourth-order valence-corrected chi connectivity index (χ4v) is 4.87. The van der Waals surface area contributed by atoms with Gasteiger partial charge in [0.2, 0.25) is 0 Å². The van der Waals surface area contributed by atoms with E-state index >= 15 is 0 Å². The Labute approximate surface area is 204 Å². The van der Waals surface area contributed by atoms with Crippen LogP contribution in [0.4, 0.5) is 18.9 Å². The Balaban J connectivity index is 1.56. The summed E-state index contributed by atoms with van der Waals surface area (Å²) in [5, 5.41) is 16.2. The van der Waals surface area contributed by atoms with E-state index in [-0.39, 0.29) is 29.7 Å². The molecule has 0 unspecified atom stereocenters. The Hall–Kier alpha value is -3.60. The monoisotopic (exact) mass is 501 g/mol. The standard InChI is InChI=1S/C25H26F3N5O3/c26-17-5-3-15(4-6-17)11-16-12-30-20-21-19(16)31-13-25(27,28)14-33(21)24(36)18(22(20)34)23(35)29-7-10-32-8-1-2-9-32/h3-6,12,31,34H,1-2,7-11,13-14H2,(H,29,35). The maximum atomic E-state index is 14.7. The lowest BCUT2D eigenvalue weighted by molar-refractivity contribution is -0.000937. The number of aromatic hydroxyl groups is 1. The van der Waals surface area contributed by atoms with Gasteiger partial charge in [-0.25, -0.2) is 13.2 Å². The largest absolute Gasteiger partial charge is 0.505 e. The molecule has 1 aromatic carbocycles. The van der Waals surface area contributed by atoms with Crippen LogP contribution in [0.3, 0.4) is 0 Å². The molecule has 36 heavy (non-hydrogen) atoms. The van der Waals surface area contributed by atoms with Crippen LogP contribution < -0.4 is 16.2 Å². The number of pyridine rings is 2. The molecule has 1 amide bonds. The minimum absolute atomic E-state index is 0.00269. The first kappa shape index (κ1) is 24.1. The smallest absolute Gasteiger partial charge is 0.282 e. The van der Waals surface area contributed by atoms with Crippen molar-refractivity contribution in [1.29, 1.82) is 0 Å². The lowest BCUT2D eigenvalue weighted by atomic mass is 10.0. The van der Waals surface area contributed by atoms with E-state index in [9.17, 15) is 27.9 Å². The van der Waals surface area contributed by atoms with E-state index in [0.29, 0.717) is 17.7 Å². The number of benzene rings is 1. The first-order chi connectivity index (χ1) is 17.2. The van der Waals surface area contributed by atoms with Gasteiger partial charge in [-0.1, -0.05) is 12.1 Å². The van der Waals surface area contributed by atoms with Gasteiger partial charge in [-0.3, -0.25) is 19.1 Å². The molecule has 5 rings (SSSR count). The molecule has 1 fully saturated rings. The summed E-state index contributed by atoms with van der Waals surface area (Å²) in [4.78, 5) is 32.7. The summed E-state index contributed by atoms with van der Waals surface area (Å²) in [6.07, 6.45) is 3.80. The molecule has 190 valence electrons. The van der Waals surface area contributed by atoms with Gasteiger partial charge in [-0.05, 0) is 43.6 Å². The molecular weight excluding hydrogens is 475 g/mol. The van der Waals surface area contributed by atoms with E-state index in [4.69, 9.17) is 0 Å². The first-order valence-corrected chi connectivity index (χ1v) is 11.9. The highest BCUT2D eigenvalue weighted by atomic mass is 19.3. The summed E-state index contributed by atoms with van der Waals surface area (Å²) >= 11 is 0. The van der Waals surface area contributed by atoms with Crippen molar-refractivity contribution in [3.05, 3.63) is 63.3 Å². The first-order valence-electron chi connectivity index (χ1n) is 11.9. The molecular formula is C25H26F3N5O3. The molecule has 0 atom stereocenters. The van der Waals surface area contributed by atoms with E-state index in [0.717, 1.165) is 30.5 Å². The predicted molar refractivity (Wildman–Crippen MR) is 128 cm³/mol. The average Bonchev–Trinajstić information content (AvgIpc) is 3.30. The van der Waals surface area contributed by atoms with Gasteiger partial charge >= 0.3 is 0 Å². The zero-order valence-corrected chi connectivity index (χ0v) is 19.5. The Morgan fingerprint density at radius 1 is 1.19 bits per heavy atom. The summed E-state index contributed by atoms with van der Waals surface area (Å²) in [6, 6.07) is 5.72. The SMILES string of the molecule is O=C(NCCN1CCCC1)c1c(O)c2ncc(Cc3ccc(F)cc3)c3c2n(c1=O)CC(F)(F)CN3. The van der Waals surface area contributed by atoms with E-state index in [2.05, 4.69) is 20.5 Å². The van der Waals surface area contributed by atoms with Crippen molar-refractivity contribution in [2.45, 2.75) is 31.7 Å². The number of carbonyl (C=O) groups is 1. The summed E-state index contributed by atoms with van der Waals surface area (Å²) in [6.45, 7) is 0.978. The number of amides is 1. The Morgan fingerprint density at radius 2 is 1.92 bits per heavy atom. The number of aromatic nitrogens is 2. The number of hydrogen-bond donors (Lipinski definition) is 3. The minimum atomic E-state index is -3.30. The van der Waals surface area contributed by atoms with Crippen molar-refractivity contribution in [2.24, 2.45) is 0 Å². The van der Waals surface area contributed by atoms with Gasteiger partial charge in [-0.15, -0.1) is 0 Å². The van der Waals surface area contributed by atoms with E-state index < -0.39 is 47.6 Å². The Bertz CT molecular complexity index is 1370. The quantitative estimate of drug-likeness (QED) is 0.481. The van der Waals surface area contributed by atoms with E-state index in [1.165, 1.54) is 18.3 Å². The molecule has 3 N–H and O–H groups in total. The van der Waals surface area contributed by atoms with Gasteiger partial charge in [0.05, 0.1) is 24.3 Å². The molecule has 1 saturated heterocycles. The van der Waals surface area contributed by atoms with E-state index in [1.807, 2.05) is 0 Å². The highest BCUT2D eigenvalue weighted by Crippen LogP contribution is 2.36. The third-order valence-electron chi connectivity index (χ3n) is 6.68. The lowest BCUT2D eigenvalue weighted by Crippen LogP contribution is -2.39. The van der Waals surface area contributed by atoms with Crippen LogP contribution in [0.25, 0.3) is 11.0 Å². The Morgan fingerprint density at radius 3 is 2.64 bits per heavy atom.